The maximum atomic E-state index is 12.1. The molecular weight excluding hydrogens is 292 g/mol. The predicted molar refractivity (Wildman–Crippen MR) is 84.9 cm³/mol. The largest absolute Gasteiger partial charge is 0.349 e. The second-order valence-corrected chi connectivity index (χ2v) is 4.94. The summed E-state index contributed by atoms with van der Waals surface area (Å²) >= 11 is 0. The summed E-state index contributed by atoms with van der Waals surface area (Å²) in [5.41, 5.74) is 7.32. The highest BCUT2D eigenvalue weighted by atomic mass is 16.1. The minimum Gasteiger partial charge on any atom is -0.349 e. The highest BCUT2D eigenvalue weighted by molar-refractivity contribution is 5.92. The number of imidazole rings is 1. The van der Waals surface area contributed by atoms with Gasteiger partial charge in [0.2, 0.25) is 5.95 Å². The van der Waals surface area contributed by atoms with Crippen molar-refractivity contribution < 1.29 is 4.79 Å². The standard InChI is InChI=1S/C16H16N6O/c17-13(12-5-2-1-3-6-12)9-20-15(23)14-10-22(11-21-14)16-18-7-4-8-19-16/h1-8,10-11,13H,9,17H2,(H,20,23). The van der Waals surface area contributed by atoms with Crippen molar-refractivity contribution in [2.75, 3.05) is 6.54 Å². The Labute approximate surface area is 133 Å². The van der Waals surface area contributed by atoms with Gasteiger partial charge in [-0.05, 0) is 11.6 Å². The fourth-order valence-electron chi connectivity index (χ4n) is 2.09. The number of nitrogens with zero attached hydrogens (tertiary/aromatic N) is 4. The Kier molecular flexibility index (Phi) is 4.39. The second-order valence-electron chi connectivity index (χ2n) is 4.94. The molecule has 2 heterocycles. The Morgan fingerprint density at radius 2 is 1.87 bits per heavy atom. The van der Waals surface area contributed by atoms with Gasteiger partial charge in [-0.3, -0.25) is 9.36 Å². The van der Waals surface area contributed by atoms with Crippen LogP contribution in [-0.4, -0.2) is 32.0 Å². The minimum absolute atomic E-state index is 0.264. The average Bonchev–Trinajstić information content (AvgIpc) is 3.11. The molecule has 0 bridgehead atoms. The molecule has 0 aliphatic carbocycles. The van der Waals surface area contributed by atoms with Crippen LogP contribution in [0.5, 0.6) is 0 Å². The van der Waals surface area contributed by atoms with Crippen molar-refractivity contribution in [2.45, 2.75) is 6.04 Å². The number of carbonyl (C=O) groups excluding carboxylic acids is 1. The molecule has 7 heteroatoms. The smallest absolute Gasteiger partial charge is 0.271 e. The number of nitrogens with two attached hydrogens (primary N) is 1. The molecule has 0 radical (unpaired) electrons. The first kappa shape index (κ1) is 14.9. The summed E-state index contributed by atoms with van der Waals surface area (Å²) in [5.74, 6) is 0.172. The molecule has 23 heavy (non-hydrogen) atoms. The summed E-state index contributed by atoms with van der Waals surface area (Å²) in [6.45, 7) is 0.331. The molecule has 1 atom stereocenters. The molecule has 0 aliphatic heterocycles. The van der Waals surface area contributed by atoms with E-state index in [1.54, 1.807) is 29.2 Å². The van der Waals surface area contributed by atoms with Crippen molar-refractivity contribution in [1.29, 1.82) is 0 Å². The third-order valence-electron chi connectivity index (χ3n) is 3.31. The lowest BCUT2D eigenvalue weighted by atomic mass is 10.1. The lowest BCUT2D eigenvalue weighted by Crippen LogP contribution is -2.32. The fraction of sp³-hybridized carbons (Fsp3) is 0.125. The van der Waals surface area contributed by atoms with E-state index in [1.165, 1.54) is 6.33 Å². The molecule has 1 unspecified atom stereocenters. The molecule has 3 N–H and O–H groups in total. The van der Waals surface area contributed by atoms with E-state index in [1.807, 2.05) is 30.3 Å². The number of aromatic nitrogens is 4. The maximum absolute atomic E-state index is 12.1. The van der Waals surface area contributed by atoms with Crippen LogP contribution in [0.2, 0.25) is 0 Å². The highest BCUT2D eigenvalue weighted by Gasteiger charge is 2.13. The van der Waals surface area contributed by atoms with Crippen LogP contribution in [-0.2, 0) is 0 Å². The summed E-state index contributed by atoms with van der Waals surface area (Å²) in [5, 5.41) is 2.78. The van der Waals surface area contributed by atoms with Gasteiger partial charge in [-0.25, -0.2) is 15.0 Å². The van der Waals surface area contributed by atoms with E-state index < -0.39 is 0 Å². The Morgan fingerprint density at radius 3 is 2.61 bits per heavy atom. The number of rotatable bonds is 5. The Hall–Kier alpha value is -3.06. The van der Waals surface area contributed by atoms with E-state index in [9.17, 15) is 4.79 Å². The molecule has 0 aliphatic rings. The van der Waals surface area contributed by atoms with Gasteiger partial charge in [0.15, 0.2) is 0 Å². The second kappa shape index (κ2) is 6.80. The topological polar surface area (TPSA) is 98.7 Å². The molecule has 116 valence electrons. The Balaban J connectivity index is 1.62. The molecule has 0 spiro atoms. The summed E-state index contributed by atoms with van der Waals surface area (Å²) in [6.07, 6.45) is 6.34. The van der Waals surface area contributed by atoms with Crippen molar-refractivity contribution in [3.8, 4) is 5.95 Å². The fourth-order valence-corrected chi connectivity index (χ4v) is 2.09. The zero-order valence-corrected chi connectivity index (χ0v) is 12.3. The van der Waals surface area contributed by atoms with Crippen molar-refractivity contribution in [3.05, 3.63) is 72.6 Å². The van der Waals surface area contributed by atoms with E-state index in [0.29, 0.717) is 12.5 Å². The molecule has 2 aromatic heterocycles. The third kappa shape index (κ3) is 3.58. The quantitative estimate of drug-likeness (QED) is 0.735. The highest BCUT2D eigenvalue weighted by Crippen LogP contribution is 2.08. The summed E-state index contributed by atoms with van der Waals surface area (Å²) < 4.78 is 1.59. The van der Waals surface area contributed by atoms with E-state index in [0.717, 1.165) is 5.56 Å². The van der Waals surface area contributed by atoms with Gasteiger partial charge >= 0.3 is 0 Å². The summed E-state index contributed by atoms with van der Waals surface area (Å²) in [6, 6.07) is 11.1. The molecule has 0 fully saturated rings. The van der Waals surface area contributed by atoms with Gasteiger partial charge in [0.1, 0.15) is 12.0 Å². The molecule has 1 aromatic carbocycles. The molecule has 1 amide bonds. The van der Waals surface area contributed by atoms with Crippen LogP contribution in [0.4, 0.5) is 0 Å². The monoisotopic (exact) mass is 308 g/mol. The Morgan fingerprint density at radius 1 is 1.13 bits per heavy atom. The van der Waals surface area contributed by atoms with Crippen LogP contribution in [0.25, 0.3) is 5.95 Å². The zero-order valence-electron chi connectivity index (χ0n) is 12.3. The first-order chi connectivity index (χ1) is 11.2. The van der Waals surface area contributed by atoms with E-state index in [2.05, 4.69) is 20.3 Å². The van der Waals surface area contributed by atoms with Crippen LogP contribution in [0.3, 0.4) is 0 Å². The molecule has 0 saturated heterocycles. The lowest BCUT2D eigenvalue weighted by molar-refractivity contribution is 0.0946. The average molecular weight is 308 g/mol. The van der Waals surface area contributed by atoms with Crippen LogP contribution < -0.4 is 11.1 Å². The van der Waals surface area contributed by atoms with Crippen molar-refractivity contribution in [3.63, 3.8) is 0 Å². The number of nitrogens with one attached hydrogen (secondary N) is 1. The number of hydrogen-bond donors (Lipinski definition) is 2. The molecular formula is C16H16N6O. The van der Waals surface area contributed by atoms with E-state index in [4.69, 9.17) is 5.73 Å². The van der Waals surface area contributed by atoms with E-state index >= 15 is 0 Å². The van der Waals surface area contributed by atoms with Crippen LogP contribution in [0.15, 0.2) is 61.3 Å². The van der Waals surface area contributed by atoms with Gasteiger partial charge in [0.25, 0.3) is 5.91 Å². The van der Waals surface area contributed by atoms with Gasteiger partial charge in [0, 0.05) is 31.2 Å². The number of amides is 1. The maximum Gasteiger partial charge on any atom is 0.271 e. The van der Waals surface area contributed by atoms with Crippen LogP contribution in [0.1, 0.15) is 22.1 Å². The number of hydrogen-bond acceptors (Lipinski definition) is 5. The number of carbonyl (C=O) groups is 1. The lowest BCUT2D eigenvalue weighted by Gasteiger charge is -2.12. The van der Waals surface area contributed by atoms with Crippen LogP contribution >= 0.6 is 0 Å². The van der Waals surface area contributed by atoms with Crippen molar-refractivity contribution >= 4 is 5.91 Å². The summed E-state index contributed by atoms with van der Waals surface area (Å²) in [4.78, 5) is 24.4. The zero-order chi connectivity index (χ0) is 16.1. The molecule has 3 rings (SSSR count). The van der Waals surface area contributed by atoms with Gasteiger partial charge < -0.3 is 11.1 Å². The molecule has 7 nitrogen and oxygen atoms in total. The molecule has 0 saturated carbocycles. The van der Waals surface area contributed by atoms with Gasteiger partial charge in [0.05, 0.1) is 0 Å². The normalized spacial score (nSPS) is 11.9. The predicted octanol–water partition coefficient (Wildman–Crippen LogP) is 1.09. The van der Waals surface area contributed by atoms with Crippen LogP contribution in [0, 0.1) is 0 Å². The molecule has 3 aromatic rings. The van der Waals surface area contributed by atoms with Crippen molar-refractivity contribution in [1.82, 2.24) is 24.8 Å². The first-order valence-electron chi connectivity index (χ1n) is 7.14. The Bertz CT molecular complexity index is 772. The SMILES string of the molecule is NC(CNC(=O)c1cn(-c2ncccn2)cn1)c1ccccc1. The third-order valence-corrected chi connectivity index (χ3v) is 3.31. The minimum atomic E-state index is -0.286. The summed E-state index contributed by atoms with van der Waals surface area (Å²) in [7, 11) is 0. The van der Waals surface area contributed by atoms with Gasteiger partial charge in [-0.2, -0.15) is 0 Å². The van der Waals surface area contributed by atoms with Gasteiger partial charge in [-0.1, -0.05) is 30.3 Å². The first-order valence-corrected chi connectivity index (χ1v) is 7.14. The number of benzene rings is 1. The van der Waals surface area contributed by atoms with Gasteiger partial charge in [-0.15, -0.1) is 0 Å². The van der Waals surface area contributed by atoms with Crippen molar-refractivity contribution in [2.24, 2.45) is 5.73 Å². The van der Waals surface area contributed by atoms with E-state index in [-0.39, 0.29) is 17.6 Å².